The van der Waals surface area contributed by atoms with Crippen molar-refractivity contribution in [3.05, 3.63) is 35.4 Å². The molecule has 1 aliphatic rings. The third-order valence-corrected chi connectivity index (χ3v) is 4.54. The summed E-state index contributed by atoms with van der Waals surface area (Å²) < 4.78 is 5.28. The monoisotopic (exact) mass is 290 g/mol. The summed E-state index contributed by atoms with van der Waals surface area (Å²) in [7, 11) is 3.79. The summed E-state index contributed by atoms with van der Waals surface area (Å²) in [6.45, 7) is 6.28. The van der Waals surface area contributed by atoms with Gasteiger partial charge in [0.25, 0.3) is 0 Å². The van der Waals surface area contributed by atoms with Crippen LogP contribution in [0.3, 0.4) is 0 Å². The molecule has 1 aliphatic carbocycles. The second-order valence-corrected chi connectivity index (χ2v) is 6.21. The third-order valence-electron chi connectivity index (χ3n) is 4.54. The zero-order valence-corrected chi connectivity index (χ0v) is 13.8. The first-order valence-corrected chi connectivity index (χ1v) is 8.20. The Bertz CT molecular complexity index is 400. The minimum Gasteiger partial charge on any atom is -0.383 e. The van der Waals surface area contributed by atoms with Crippen molar-refractivity contribution in [2.45, 2.75) is 38.8 Å². The second kappa shape index (κ2) is 8.52. The van der Waals surface area contributed by atoms with Crippen LogP contribution in [0, 0.1) is 5.92 Å². The number of benzene rings is 1. The molecule has 2 rings (SSSR count). The van der Waals surface area contributed by atoms with Crippen LogP contribution >= 0.6 is 0 Å². The highest BCUT2D eigenvalue weighted by Gasteiger charge is 2.31. The molecular formula is C18H30N2O. The Hall–Kier alpha value is -0.900. The highest BCUT2D eigenvalue weighted by molar-refractivity contribution is 5.23. The van der Waals surface area contributed by atoms with Gasteiger partial charge in [-0.2, -0.15) is 0 Å². The van der Waals surface area contributed by atoms with Gasteiger partial charge in [-0.05, 0) is 56.8 Å². The van der Waals surface area contributed by atoms with Gasteiger partial charge in [0.1, 0.15) is 0 Å². The van der Waals surface area contributed by atoms with Crippen LogP contribution in [0.25, 0.3) is 0 Å². The van der Waals surface area contributed by atoms with E-state index in [9.17, 15) is 0 Å². The Balaban J connectivity index is 1.91. The molecule has 0 saturated heterocycles. The molecule has 21 heavy (non-hydrogen) atoms. The highest BCUT2D eigenvalue weighted by atomic mass is 16.5. The fourth-order valence-electron chi connectivity index (χ4n) is 2.83. The molecule has 0 amide bonds. The van der Waals surface area contributed by atoms with Crippen LogP contribution in [0.15, 0.2) is 24.3 Å². The molecule has 1 fully saturated rings. The van der Waals surface area contributed by atoms with Gasteiger partial charge >= 0.3 is 0 Å². The average Bonchev–Trinajstić information content (AvgIpc) is 3.34. The molecule has 1 aromatic carbocycles. The van der Waals surface area contributed by atoms with Gasteiger partial charge in [0, 0.05) is 26.2 Å². The smallest absolute Gasteiger partial charge is 0.0589 e. The van der Waals surface area contributed by atoms with Gasteiger partial charge in [-0.25, -0.2) is 0 Å². The molecule has 3 nitrogen and oxygen atoms in total. The van der Waals surface area contributed by atoms with E-state index in [2.05, 4.69) is 41.4 Å². The van der Waals surface area contributed by atoms with Gasteiger partial charge in [0.05, 0.1) is 6.61 Å². The van der Waals surface area contributed by atoms with E-state index in [1.807, 2.05) is 7.05 Å². The van der Waals surface area contributed by atoms with Crippen molar-refractivity contribution in [1.82, 2.24) is 10.2 Å². The molecule has 0 spiro atoms. The molecule has 0 heterocycles. The van der Waals surface area contributed by atoms with Crippen LogP contribution in [0.1, 0.15) is 30.9 Å². The van der Waals surface area contributed by atoms with Gasteiger partial charge in [-0.3, -0.25) is 4.90 Å². The first kappa shape index (κ1) is 16.5. The maximum Gasteiger partial charge on any atom is 0.0589 e. The fraction of sp³-hybridized carbons (Fsp3) is 0.667. The summed E-state index contributed by atoms with van der Waals surface area (Å²) in [4.78, 5) is 2.57. The molecule has 1 unspecified atom stereocenters. The average molecular weight is 290 g/mol. The van der Waals surface area contributed by atoms with Gasteiger partial charge in [-0.1, -0.05) is 24.3 Å². The molecule has 1 atom stereocenters. The molecule has 1 saturated carbocycles. The predicted molar refractivity (Wildman–Crippen MR) is 88.5 cm³/mol. The van der Waals surface area contributed by atoms with E-state index in [-0.39, 0.29) is 0 Å². The van der Waals surface area contributed by atoms with E-state index in [0.717, 1.165) is 38.6 Å². The summed E-state index contributed by atoms with van der Waals surface area (Å²) >= 11 is 0. The standard InChI is InChI=1S/C18H30N2O/c1-15(18-8-9-18)20(12-13-21-3)14-17-6-4-16(5-7-17)10-11-19-2/h4-7,15,18-19H,8-14H2,1-3H3. The van der Waals surface area contributed by atoms with Crippen LogP contribution in [0.4, 0.5) is 0 Å². The number of rotatable bonds is 10. The number of hydrogen-bond acceptors (Lipinski definition) is 3. The van der Waals surface area contributed by atoms with E-state index < -0.39 is 0 Å². The Kier molecular flexibility index (Phi) is 6.68. The number of nitrogens with one attached hydrogen (secondary N) is 1. The lowest BCUT2D eigenvalue weighted by Crippen LogP contribution is -2.36. The Morgan fingerprint density at radius 1 is 1.24 bits per heavy atom. The topological polar surface area (TPSA) is 24.5 Å². The van der Waals surface area contributed by atoms with E-state index in [1.54, 1.807) is 7.11 Å². The summed E-state index contributed by atoms with van der Waals surface area (Å²) in [6.07, 6.45) is 3.89. The Labute approximate surface area is 129 Å². The zero-order chi connectivity index (χ0) is 15.1. The molecule has 0 aromatic heterocycles. The van der Waals surface area contributed by atoms with Crippen LogP contribution in [-0.4, -0.2) is 44.8 Å². The molecule has 0 aliphatic heterocycles. The Morgan fingerprint density at radius 2 is 1.90 bits per heavy atom. The molecular weight excluding hydrogens is 260 g/mol. The molecule has 118 valence electrons. The van der Waals surface area contributed by atoms with Gasteiger partial charge < -0.3 is 10.1 Å². The van der Waals surface area contributed by atoms with Crippen molar-refractivity contribution in [2.24, 2.45) is 5.92 Å². The SMILES string of the molecule is CNCCc1ccc(CN(CCOC)C(C)C2CC2)cc1. The predicted octanol–water partition coefficient (Wildman–Crippen LogP) is 2.70. The van der Waals surface area contributed by atoms with Crippen molar-refractivity contribution in [3.8, 4) is 0 Å². The summed E-state index contributed by atoms with van der Waals surface area (Å²) in [5.74, 6) is 0.900. The summed E-state index contributed by atoms with van der Waals surface area (Å²) in [6, 6.07) is 9.77. The van der Waals surface area contributed by atoms with Gasteiger partial charge in [-0.15, -0.1) is 0 Å². The van der Waals surface area contributed by atoms with Gasteiger partial charge in [0.2, 0.25) is 0 Å². The number of ether oxygens (including phenoxy) is 1. The van der Waals surface area contributed by atoms with Crippen molar-refractivity contribution < 1.29 is 4.74 Å². The quantitative estimate of drug-likeness (QED) is 0.717. The van der Waals surface area contributed by atoms with E-state index in [1.165, 1.54) is 24.0 Å². The maximum atomic E-state index is 5.28. The van der Waals surface area contributed by atoms with Crippen LogP contribution in [-0.2, 0) is 17.7 Å². The van der Waals surface area contributed by atoms with Crippen molar-refractivity contribution in [1.29, 1.82) is 0 Å². The zero-order valence-electron chi connectivity index (χ0n) is 13.8. The van der Waals surface area contributed by atoms with Crippen molar-refractivity contribution in [2.75, 3.05) is 33.9 Å². The maximum absolute atomic E-state index is 5.28. The largest absolute Gasteiger partial charge is 0.383 e. The number of methoxy groups -OCH3 is 1. The summed E-state index contributed by atoms with van der Waals surface area (Å²) in [5.41, 5.74) is 2.82. The van der Waals surface area contributed by atoms with Gasteiger partial charge in [0.15, 0.2) is 0 Å². The van der Waals surface area contributed by atoms with E-state index >= 15 is 0 Å². The highest BCUT2D eigenvalue weighted by Crippen LogP contribution is 2.35. The molecule has 1 aromatic rings. The first-order chi connectivity index (χ1) is 10.2. The van der Waals surface area contributed by atoms with Crippen molar-refractivity contribution in [3.63, 3.8) is 0 Å². The van der Waals surface area contributed by atoms with Crippen LogP contribution in [0.2, 0.25) is 0 Å². The lowest BCUT2D eigenvalue weighted by molar-refractivity contribution is 0.111. The Morgan fingerprint density at radius 3 is 2.48 bits per heavy atom. The lowest BCUT2D eigenvalue weighted by atomic mass is 10.1. The molecule has 3 heteroatoms. The lowest BCUT2D eigenvalue weighted by Gasteiger charge is -2.29. The minimum absolute atomic E-state index is 0.670. The number of hydrogen-bond donors (Lipinski definition) is 1. The summed E-state index contributed by atoms with van der Waals surface area (Å²) in [5, 5.41) is 3.20. The molecule has 0 radical (unpaired) electrons. The minimum atomic E-state index is 0.670. The van der Waals surface area contributed by atoms with Crippen LogP contribution < -0.4 is 5.32 Å². The molecule has 0 bridgehead atoms. The number of nitrogens with zero attached hydrogens (tertiary/aromatic N) is 1. The molecule has 1 N–H and O–H groups in total. The van der Waals surface area contributed by atoms with E-state index in [0.29, 0.717) is 6.04 Å². The third kappa shape index (κ3) is 5.42. The fourth-order valence-corrected chi connectivity index (χ4v) is 2.83. The number of likely N-dealkylation sites (N-methyl/N-ethyl adjacent to an activating group) is 1. The normalized spacial score (nSPS) is 16.4. The van der Waals surface area contributed by atoms with Crippen LogP contribution in [0.5, 0.6) is 0 Å². The van der Waals surface area contributed by atoms with Crippen molar-refractivity contribution >= 4 is 0 Å². The second-order valence-electron chi connectivity index (χ2n) is 6.21. The van der Waals surface area contributed by atoms with E-state index in [4.69, 9.17) is 4.74 Å². The first-order valence-electron chi connectivity index (χ1n) is 8.20.